The van der Waals surface area contributed by atoms with Crippen molar-refractivity contribution in [3.8, 4) is 33.4 Å². The molecular weight excluding hydrogens is 1370 g/mol. The fraction of sp³-hybridized carbons (Fsp3) is 0.215. The van der Waals surface area contributed by atoms with E-state index in [0.29, 0.717) is 63.2 Å². The second-order valence-electron chi connectivity index (χ2n) is 25.9. The van der Waals surface area contributed by atoms with Crippen molar-refractivity contribution in [3.63, 3.8) is 0 Å². The molecule has 2 aliphatic heterocycles. The minimum absolute atomic E-state index is 0.0102. The van der Waals surface area contributed by atoms with Crippen LogP contribution >= 0.6 is 0 Å². The number of hydrogen-bond acceptors (Lipinski definition) is 12. The molecular formula is C79H74F9N9O8. The number of carboxylic acids is 1. The van der Waals surface area contributed by atoms with Crippen LogP contribution in [0.1, 0.15) is 141 Å². The van der Waals surface area contributed by atoms with E-state index in [1.807, 2.05) is 18.2 Å². The maximum absolute atomic E-state index is 14.6. The molecule has 0 aromatic heterocycles. The third kappa shape index (κ3) is 21.4. The van der Waals surface area contributed by atoms with Crippen molar-refractivity contribution in [3.05, 3.63) is 284 Å². The first-order chi connectivity index (χ1) is 49.7. The molecule has 3 atom stereocenters. The number of hydrogen-bond donors (Lipinski definition) is 8. The molecule has 9 aromatic rings. The van der Waals surface area contributed by atoms with E-state index in [1.54, 1.807) is 146 Å². The maximum Gasteiger partial charge on any atom is 0.407 e. The first-order valence-corrected chi connectivity index (χ1v) is 32.6. The van der Waals surface area contributed by atoms with Crippen LogP contribution in [0.15, 0.2) is 192 Å². The molecule has 17 nitrogen and oxygen atoms in total. The quantitative estimate of drug-likeness (QED) is 0.0315. The SMILES string of the molecule is CC(C)(C)OC(=O)NCC(N)c1cccc(F)c1F.CC(C)(C)OC(=O)NCC(NC(=O)c1cccc(-c2ccc3c(c2)C(F)=NC3)c1)c1cccc(F)c1F.Cc1ccc(-c2cccc(C(=O)O)c2)cc1C(=N)F.NCC(NC(=O)c1cccc(-c2ccc3c(c2)C(F)=NC3)c1)c1cccc(F)c1F. The molecule has 0 saturated heterocycles. The Morgan fingerprint density at radius 1 is 0.495 bits per heavy atom. The number of alkyl carbamates (subject to hydrolysis) is 2. The van der Waals surface area contributed by atoms with E-state index in [4.69, 9.17) is 31.5 Å². The largest absolute Gasteiger partial charge is 0.478 e. The number of benzene rings is 9. The molecule has 0 spiro atoms. The number of carbonyl (C=O) groups is 5. The highest BCUT2D eigenvalue weighted by Gasteiger charge is 2.27. The zero-order valence-electron chi connectivity index (χ0n) is 57.8. The van der Waals surface area contributed by atoms with Gasteiger partial charge < -0.3 is 47.3 Å². The monoisotopic (exact) mass is 1450 g/mol. The van der Waals surface area contributed by atoms with Crippen LogP contribution in [0.2, 0.25) is 0 Å². The Labute approximate surface area is 599 Å². The fourth-order valence-corrected chi connectivity index (χ4v) is 10.7. The van der Waals surface area contributed by atoms with E-state index in [1.165, 1.54) is 48.5 Å². The number of nitrogens with two attached hydrogens (primary N) is 2. The number of amides is 4. The summed E-state index contributed by atoms with van der Waals surface area (Å²) in [5.74, 6) is -10.3. The summed E-state index contributed by atoms with van der Waals surface area (Å²) in [5, 5.41) is 26.3. The summed E-state index contributed by atoms with van der Waals surface area (Å²) in [5.41, 5.74) is 18.1. The minimum Gasteiger partial charge on any atom is -0.478 e. The van der Waals surface area contributed by atoms with Crippen LogP contribution in [0.3, 0.4) is 0 Å². The van der Waals surface area contributed by atoms with E-state index in [0.717, 1.165) is 34.9 Å². The highest BCUT2D eigenvalue weighted by atomic mass is 19.2. The van der Waals surface area contributed by atoms with Crippen LogP contribution in [-0.2, 0) is 22.6 Å². The molecule has 10 N–H and O–H groups in total. The molecule has 9 aromatic carbocycles. The third-order valence-electron chi connectivity index (χ3n) is 15.9. The predicted molar refractivity (Wildman–Crippen MR) is 382 cm³/mol. The summed E-state index contributed by atoms with van der Waals surface area (Å²) in [7, 11) is 0. The van der Waals surface area contributed by atoms with Gasteiger partial charge in [-0.2, -0.15) is 13.2 Å². The van der Waals surface area contributed by atoms with Gasteiger partial charge in [-0.25, -0.2) is 40.7 Å². The number of carboxylic acid groups (broad SMARTS) is 1. The topological polar surface area (TPSA) is 273 Å². The van der Waals surface area contributed by atoms with Crippen LogP contribution in [0.25, 0.3) is 33.4 Å². The molecule has 2 aliphatic rings. The Kier molecular flexibility index (Phi) is 26.3. The summed E-state index contributed by atoms with van der Waals surface area (Å²) in [4.78, 5) is 68.0. The van der Waals surface area contributed by atoms with Gasteiger partial charge in [0.1, 0.15) is 11.2 Å². The fourth-order valence-electron chi connectivity index (χ4n) is 10.7. The van der Waals surface area contributed by atoms with E-state index in [9.17, 15) is 63.5 Å². The zero-order valence-corrected chi connectivity index (χ0v) is 57.8. The van der Waals surface area contributed by atoms with Crippen LogP contribution in [-0.4, -0.2) is 83.8 Å². The Morgan fingerprint density at radius 3 is 1.30 bits per heavy atom. The second kappa shape index (κ2) is 34.9. The molecule has 0 saturated carbocycles. The number of rotatable bonds is 17. The summed E-state index contributed by atoms with van der Waals surface area (Å²) in [6.45, 7) is 12.2. The minimum atomic E-state index is -1.13. The summed E-state index contributed by atoms with van der Waals surface area (Å²) >= 11 is 0. The van der Waals surface area contributed by atoms with Crippen molar-refractivity contribution >= 4 is 47.9 Å². The number of halogens is 9. The molecule has 0 radical (unpaired) electrons. The lowest BCUT2D eigenvalue weighted by molar-refractivity contribution is 0.0511. The Hall–Kier alpha value is -11.8. The standard InChI is InChI=1S/C28H26F3N3O3.C23H18F3N3O.C15H12FNO2.C13H18F2N2O2/c1-28(2,3)37-27(36)33-15-23(20-8-5-9-22(29)24(20)30)34-26(35)18-7-4-6-16(12-18)17-10-11-19-14-32-25(31)21(19)13-17;24-19-6-2-5-17(21(19)25)20(11-27)29-23(30)15-4-1-3-13(9-15)14-7-8-16-12-28-22(26)18(16)10-14;1-9-5-6-11(8-13(9)14(16)17)10-3-2-4-12(7-10)15(18)19;1-13(2,3)19-12(18)17-7-10(16)8-5-4-6-9(14)11(8)15/h4-13,23H,14-15H2,1-3H3,(H,33,36)(H,34,35);1-10,20H,11-12,27H2,(H,29,30);2-8,17H,1H3,(H,18,19);4-6,10H,7,16H2,1-3H3,(H,17,18). The van der Waals surface area contributed by atoms with Crippen LogP contribution in [0, 0.1) is 47.2 Å². The predicted octanol–water partition coefficient (Wildman–Crippen LogP) is 16.3. The molecule has 3 unspecified atom stereocenters. The number of nitrogens with one attached hydrogen (secondary N) is 5. The molecule has 0 aliphatic carbocycles. The van der Waals surface area contributed by atoms with E-state index < -0.39 is 112 Å². The van der Waals surface area contributed by atoms with Gasteiger partial charge in [-0.3, -0.25) is 25.0 Å². The normalized spacial score (nSPS) is 12.8. The number of ether oxygens (including phenoxy) is 2. The number of aryl methyl sites for hydroxylation is 1. The molecule has 0 fully saturated rings. The van der Waals surface area contributed by atoms with Crippen molar-refractivity contribution in [2.45, 2.75) is 90.9 Å². The van der Waals surface area contributed by atoms with Crippen LogP contribution in [0.5, 0.6) is 0 Å². The number of carbonyl (C=O) groups excluding carboxylic acids is 4. The number of aliphatic imine (C=N–C) groups is 2. The Balaban J connectivity index is 0.000000184. The molecule has 0 bridgehead atoms. The van der Waals surface area contributed by atoms with E-state index in [2.05, 4.69) is 31.3 Å². The van der Waals surface area contributed by atoms with Gasteiger partial charge in [-0.1, -0.05) is 109 Å². The number of aromatic carboxylic acids is 1. The second-order valence-corrected chi connectivity index (χ2v) is 25.9. The summed E-state index contributed by atoms with van der Waals surface area (Å²) in [6.07, 6.45) is -1.42. The molecule has 11 rings (SSSR count). The Morgan fingerprint density at radius 2 is 0.867 bits per heavy atom. The first kappa shape index (κ1) is 78.9. The first-order valence-electron chi connectivity index (χ1n) is 32.6. The molecule has 2 heterocycles. The number of nitrogens with zero attached hydrogens (tertiary/aromatic N) is 2. The van der Waals surface area contributed by atoms with Crippen LogP contribution in [0.4, 0.5) is 49.1 Å². The van der Waals surface area contributed by atoms with Crippen molar-refractivity contribution in [1.29, 1.82) is 5.41 Å². The average molecular weight is 1450 g/mol. The van der Waals surface area contributed by atoms with E-state index >= 15 is 0 Å². The maximum atomic E-state index is 14.6. The molecule has 26 heteroatoms. The lowest BCUT2D eigenvalue weighted by atomic mass is 9.98. The number of fused-ring (bicyclic) bond motifs is 2. The highest BCUT2D eigenvalue weighted by Crippen LogP contribution is 2.32. The molecule has 4 amide bonds. The van der Waals surface area contributed by atoms with Gasteiger partial charge in [0.2, 0.25) is 17.9 Å². The lowest BCUT2D eigenvalue weighted by Crippen LogP contribution is -2.40. The van der Waals surface area contributed by atoms with Gasteiger partial charge in [0.25, 0.3) is 11.8 Å². The Bertz CT molecular complexity index is 4810. The average Bonchev–Trinajstić information content (AvgIpc) is 1.62. The van der Waals surface area contributed by atoms with Gasteiger partial charge in [-0.15, -0.1) is 0 Å². The van der Waals surface area contributed by atoms with Crippen molar-refractivity contribution in [2.24, 2.45) is 21.5 Å². The lowest BCUT2D eigenvalue weighted by Gasteiger charge is -2.23. The van der Waals surface area contributed by atoms with Crippen molar-refractivity contribution < 1.29 is 78.1 Å². The molecule has 105 heavy (non-hydrogen) atoms. The van der Waals surface area contributed by atoms with Crippen LogP contribution < -0.4 is 32.7 Å². The van der Waals surface area contributed by atoms with Crippen molar-refractivity contribution in [2.75, 3.05) is 19.6 Å². The smallest absolute Gasteiger partial charge is 0.407 e. The van der Waals surface area contributed by atoms with Crippen molar-refractivity contribution in [1.82, 2.24) is 21.3 Å². The summed E-state index contributed by atoms with van der Waals surface area (Å²) < 4.78 is 134. The zero-order chi connectivity index (χ0) is 76.6. The van der Waals surface area contributed by atoms with Gasteiger partial charge in [-0.05, 0) is 171 Å². The molecule has 546 valence electrons. The van der Waals surface area contributed by atoms with E-state index in [-0.39, 0.29) is 53.0 Å². The third-order valence-corrected chi connectivity index (χ3v) is 15.9. The van der Waals surface area contributed by atoms with Gasteiger partial charge in [0.15, 0.2) is 34.9 Å². The highest BCUT2D eigenvalue weighted by molar-refractivity contribution is 6.01. The van der Waals surface area contributed by atoms with Gasteiger partial charge in [0.05, 0.1) is 36.8 Å². The van der Waals surface area contributed by atoms with Gasteiger partial charge >= 0.3 is 18.2 Å². The van der Waals surface area contributed by atoms with Gasteiger partial charge in [0, 0.05) is 64.1 Å². The summed E-state index contributed by atoms with van der Waals surface area (Å²) in [6, 6.07) is 43.7.